The molecule has 4 rings (SSSR count). The number of carbonyl (C=O) groups is 1. The monoisotopic (exact) mass is 348 g/mol. The minimum Gasteiger partial charge on any atom is -0.445 e. The van der Waals surface area contributed by atoms with Crippen LogP contribution < -0.4 is 5.32 Å². The van der Waals surface area contributed by atoms with Crippen LogP contribution in [0.4, 0.5) is 4.79 Å². The highest BCUT2D eigenvalue weighted by Crippen LogP contribution is 2.32. The molecule has 4 heteroatoms. The summed E-state index contributed by atoms with van der Waals surface area (Å²) in [5.41, 5.74) is 3.31. The Balaban J connectivity index is 1.49. The van der Waals surface area contributed by atoms with Gasteiger partial charge in [0.15, 0.2) is 0 Å². The molecule has 0 aromatic heterocycles. The van der Waals surface area contributed by atoms with Crippen molar-refractivity contribution in [3.05, 3.63) is 77.4 Å². The molecular formula is C22H24N2O2. The summed E-state index contributed by atoms with van der Waals surface area (Å²) in [4.78, 5) is 14.9. The molecule has 0 unspecified atom stereocenters. The molecule has 1 amide bonds. The van der Waals surface area contributed by atoms with Crippen molar-refractivity contribution >= 4 is 12.2 Å². The minimum atomic E-state index is -0.367. The number of likely N-dealkylation sites (tertiary alicyclic amines) is 1. The van der Waals surface area contributed by atoms with Gasteiger partial charge in [-0.15, -0.1) is 0 Å². The van der Waals surface area contributed by atoms with Crippen molar-refractivity contribution in [1.82, 2.24) is 10.2 Å². The number of hydrogen-bond acceptors (Lipinski definition) is 3. The van der Waals surface area contributed by atoms with Gasteiger partial charge in [0, 0.05) is 0 Å². The number of amides is 1. The number of nitrogens with zero attached hydrogens (tertiary/aromatic N) is 1. The smallest absolute Gasteiger partial charge is 0.408 e. The zero-order valence-electron chi connectivity index (χ0n) is 14.8. The lowest BCUT2D eigenvalue weighted by Gasteiger charge is -2.36. The lowest BCUT2D eigenvalue weighted by atomic mass is 9.88. The predicted molar refractivity (Wildman–Crippen MR) is 103 cm³/mol. The molecule has 0 radical (unpaired) electrons. The molecule has 1 N–H and O–H groups in total. The Hall–Kier alpha value is -2.59. The third-order valence-corrected chi connectivity index (χ3v) is 5.19. The molecule has 1 saturated heterocycles. The van der Waals surface area contributed by atoms with Crippen molar-refractivity contribution in [2.45, 2.75) is 31.5 Å². The number of hydrogen-bond donors (Lipinski definition) is 1. The Morgan fingerprint density at radius 1 is 1.04 bits per heavy atom. The van der Waals surface area contributed by atoms with Gasteiger partial charge in [0.1, 0.15) is 6.61 Å². The maximum atomic E-state index is 12.5. The molecule has 2 atom stereocenters. The SMILES string of the molecule is O=C(N[C@H]1c2ccccc2C=C[C@@H]1N1CCCC1)OCc1ccccc1. The van der Waals surface area contributed by atoms with Crippen LogP contribution in [0.2, 0.25) is 0 Å². The molecule has 4 nitrogen and oxygen atoms in total. The molecule has 1 aliphatic carbocycles. The Morgan fingerprint density at radius 2 is 1.77 bits per heavy atom. The highest BCUT2D eigenvalue weighted by molar-refractivity contribution is 5.70. The van der Waals surface area contributed by atoms with E-state index in [1.165, 1.54) is 12.8 Å². The second-order valence-corrected chi connectivity index (χ2v) is 6.91. The van der Waals surface area contributed by atoms with Crippen LogP contribution in [0.3, 0.4) is 0 Å². The third kappa shape index (κ3) is 3.65. The summed E-state index contributed by atoms with van der Waals surface area (Å²) in [5.74, 6) is 0. The van der Waals surface area contributed by atoms with Crippen molar-refractivity contribution in [2.75, 3.05) is 13.1 Å². The van der Waals surface area contributed by atoms with E-state index < -0.39 is 0 Å². The van der Waals surface area contributed by atoms with Gasteiger partial charge in [-0.25, -0.2) is 4.79 Å². The number of alkyl carbamates (subject to hydrolysis) is 1. The molecular weight excluding hydrogens is 324 g/mol. The van der Waals surface area contributed by atoms with Crippen molar-refractivity contribution in [1.29, 1.82) is 0 Å². The Kier molecular flexibility index (Phi) is 5.02. The number of fused-ring (bicyclic) bond motifs is 1. The summed E-state index contributed by atoms with van der Waals surface area (Å²) >= 11 is 0. The van der Waals surface area contributed by atoms with Crippen LogP contribution in [0.1, 0.15) is 35.6 Å². The van der Waals surface area contributed by atoms with Gasteiger partial charge in [-0.05, 0) is 42.6 Å². The second-order valence-electron chi connectivity index (χ2n) is 6.91. The van der Waals surface area contributed by atoms with Crippen molar-refractivity contribution in [3.8, 4) is 0 Å². The van der Waals surface area contributed by atoms with E-state index in [4.69, 9.17) is 4.74 Å². The van der Waals surface area contributed by atoms with Gasteiger partial charge in [0.05, 0.1) is 12.1 Å². The highest BCUT2D eigenvalue weighted by atomic mass is 16.5. The average molecular weight is 348 g/mol. The normalized spacial score (nSPS) is 22.0. The van der Waals surface area contributed by atoms with E-state index in [2.05, 4.69) is 34.5 Å². The van der Waals surface area contributed by atoms with E-state index in [0.29, 0.717) is 0 Å². The molecule has 0 spiro atoms. The molecule has 134 valence electrons. The average Bonchev–Trinajstić information content (AvgIpc) is 3.22. The minimum absolute atomic E-state index is 0.0856. The van der Waals surface area contributed by atoms with Crippen LogP contribution in [0.15, 0.2) is 60.7 Å². The van der Waals surface area contributed by atoms with Crippen LogP contribution in [0, 0.1) is 0 Å². The van der Waals surface area contributed by atoms with E-state index in [0.717, 1.165) is 29.8 Å². The van der Waals surface area contributed by atoms with Gasteiger partial charge in [0.2, 0.25) is 0 Å². The molecule has 0 bridgehead atoms. The quantitative estimate of drug-likeness (QED) is 0.903. The van der Waals surface area contributed by atoms with E-state index in [1.54, 1.807) is 0 Å². The second kappa shape index (κ2) is 7.75. The molecule has 2 aromatic carbocycles. The standard InChI is InChI=1S/C22H24N2O2/c25-22(26-16-17-8-2-1-3-9-17)23-21-19-11-5-4-10-18(19)12-13-20(21)24-14-6-7-15-24/h1-5,8-13,20-21H,6-7,14-16H2,(H,23,25)/t20-,21-/m0/s1. The van der Waals surface area contributed by atoms with Crippen LogP contribution in [0.25, 0.3) is 6.08 Å². The first-order valence-corrected chi connectivity index (χ1v) is 9.30. The highest BCUT2D eigenvalue weighted by Gasteiger charge is 2.33. The summed E-state index contributed by atoms with van der Waals surface area (Å²) in [5, 5.41) is 3.12. The molecule has 0 saturated carbocycles. The lowest BCUT2D eigenvalue weighted by Crippen LogP contribution is -2.45. The maximum Gasteiger partial charge on any atom is 0.408 e. The Morgan fingerprint density at radius 3 is 2.58 bits per heavy atom. The van der Waals surface area contributed by atoms with Crippen molar-refractivity contribution in [3.63, 3.8) is 0 Å². The lowest BCUT2D eigenvalue weighted by molar-refractivity contribution is 0.128. The van der Waals surface area contributed by atoms with Gasteiger partial charge in [-0.3, -0.25) is 4.90 Å². The number of rotatable bonds is 4. The summed E-state index contributed by atoms with van der Waals surface area (Å²) in [7, 11) is 0. The first kappa shape index (κ1) is 16.9. The van der Waals surface area contributed by atoms with Gasteiger partial charge >= 0.3 is 6.09 Å². The number of benzene rings is 2. The maximum absolute atomic E-state index is 12.5. The number of carbonyl (C=O) groups excluding carboxylic acids is 1. The molecule has 1 heterocycles. The topological polar surface area (TPSA) is 41.6 Å². The fraction of sp³-hybridized carbons (Fsp3) is 0.318. The fourth-order valence-electron chi connectivity index (χ4n) is 3.87. The van der Waals surface area contributed by atoms with Crippen molar-refractivity contribution < 1.29 is 9.53 Å². The summed E-state index contributed by atoms with van der Waals surface area (Å²) < 4.78 is 5.46. The summed E-state index contributed by atoms with van der Waals surface area (Å²) in [6, 6.07) is 18.1. The zero-order valence-corrected chi connectivity index (χ0v) is 14.8. The van der Waals surface area contributed by atoms with E-state index >= 15 is 0 Å². The van der Waals surface area contributed by atoms with Crippen LogP contribution in [-0.4, -0.2) is 30.1 Å². The summed E-state index contributed by atoms with van der Waals surface area (Å²) in [6.07, 6.45) is 6.46. The Bertz CT molecular complexity index is 782. The first-order chi connectivity index (χ1) is 12.8. The number of ether oxygens (including phenoxy) is 1. The fourth-order valence-corrected chi connectivity index (χ4v) is 3.87. The van der Waals surface area contributed by atoms with Gasteiger partial charge in [-0.2, -0.15) is 0 Å². The van der Waals surface area contributed by atoms with Crippen molar-refractivity contribution in [2.24, 2.45) is 0 Å². The predicted octanol–water partition coefficient (Wildman–Crippen LogP) is 4.15. The Labute approximate surface area is 154 Å². The third-order valence-electron chi connectivity index (χ3n) is 5.19. The molecule has 1 fully saturated rings. The van der Waals surface area contributed by atoms with E-state index in [9.17, 15) is 4.79 Å². The van der Waals surface area contributed by atoms with Crippen LogP contribution in [-0.2, 0) is 11.3 Å². The van der Waals surface area contributed by atoms with Gasteiger partial charge in [-0.1, -0.05) is 66.7 Å². The first-order valence-electron chi connectivity index (χ1n) is 9.30. The van der Waals surface area contributed by atoms with E-state index in [1.807, 2.05) is 42.5 Å². The van der Waals surface area contributed by atoms with Crippen LogP contribution in [0.5, 0.6) is 0 Å². The molecule has 2 aliphatic rings. The molecule has 1 aliphatic heterocycles. The van der Waals surface area contributed by atoms with Gasteiger partial charge < -0.3 is 10.1 Å². The van der Waals surface area contributed by atoms with E-state index in [-0.39, 0.29) is 24.8 Å². The largest absolute Gasteiger partial charge is 0.445 e. The molecule has 2 aromatic rings. The summed E-state index contributed by atoms with van der Waals surface area (Å²) in [6.45, 7) is 2.44. The number of nitrogens with one attached hydrogen (secondary N) is 1. The van der Waals surface area contributed by atoms with Gasteiger partial charge in [0.25, 0.3) is 0 Å². The van der Waals surface area contributed by atoms with Crippen LogP contribution >= 0.6 is 0 Å². The molecule has 26 heavy (non-hydrogen) atoms. The zero-order chi connectivity index (χ0) is 17.8.